The normalized spacial score (nSPS) is 21.1. The van der Waals surface area contributed by atoms with Crippen molar-refractivity contribution >= 4 is 23.0 Å². The summed E-state index contributed by atoms with van der Waals surface area (Å²) in [4.78, 5) is 29.7. The van der Waals surface area contributed by atoms with Gasteiger partial charge in [0.15, 0.2) is 0 Å². The number of rotatable bonds is 4. The molecule has 8 nitrogen and oxygen atoms in total. The lowest BCUT2D eigenvalue weighted by Crippen LogP contribution is -2.48. The van der Waals surface area contributed by atoms with Crippen LogP contribution in [0.25, 0.3) is 22.2 Å². The topological polar surface area (TPSA) is 73.2 Å². The molecule has 0 radical (unpaired) electrons. The molecular weight excluding hydrogens is 542 g/mol. The average Bonchev–Trinajstić information content (AvgIpc) is 3.60. The summed E-state index contributed by atoms with van der Waals surface area (Å²) in [6.45, 7) is 8.23. The summed E-state index contributed by atoms with van der Waals surface area (Å²) in [5.74, 6) is 1.02. The number of likely N-dealkylation sites (N-methyl/N-ethyl adjacent to an activating group) is 1. The van der Waals surface area contributed by atoms with Crippen LogP contribution in [0, 0.1) is 0 Å². The van der Waals surface area contributed by atoms with Crippen molar-refractivity contribution in [2.24, 2.45) is 0 Å². The first kappa shape index (κ1) is 29.5. The minimum absolute atomic E-state index is 0.0484. The summed E-state index contributed by atoms with van der Waals surface area (Å²) < 4.78 is 19.8. The summed E-state index contributed by atoms with van der Waals surface area (Å²) in [6, 6.07) is 14.7. The lowest BCUT2D eigenvalue weighted by atomic mass is 9.81. The molecule has 6 rings (SSSR count). The number of benzene rings is 2. The molecule has 3 aliphatic rings. The van der Waals surface area contributed by atoms with Crippen molar-refractivity contribution in [2.45, 2.75) is 89.4 Å². The van der Waals surface area contributed by atoms with E-state index in [-0.39, 0.29) is 24.1 Å². The lowest BCUT2D eigenvalue weighted by Gasteiger charge is -2.35. The Kier molecular flexibility index (Phi) is 8.16. The number of esters is 1. The molecule has 1 saturated heterocycles. The van der Waals surface area contributed by atoms with Crippen LogP contribution < -0.4 is 4.74 Å². The molecule has 43 heavy (non-hydrogen) atoms. The highest BCUT2D eigenvalue weighted by atomic mass is 16.6. The molecule has 2 atom stereocenters. The van der Waals surface area contributed by atoms with Gasteiger partial charge in [-0.15, -0.1) is 0 Å². The second-order valence-electron chi connectivity index (χ2n) is 13.4. The monoisotopic (exact) mass is 587 g/mol. The second-order valence-corrected chi connectivity index (χ2v) is 13.4. The fourth-order valence-corrected chi connectivity index (χ4v) is 7.25. The SMILES string of the molecule is COC(=O)c1ccc2c(C3CCCCC3)c3n(c2c1)C[C@@H](N(C)[C@@H]1CCN(C(=O)OC(C)(C)C)C1)COc1ccccc1-3. The maximum absolute atomic E-state index is 12.8. The Morgan fingerprint density at radius 2 is 1.74 bits per heavy atom. The summed E-state index contributed by atoms with van der Waals surface area (Å²) >= 11 is 0. The minimum Gasteiger partial charge on any atom is -0.491 e. The molecule has 3 aromatic rings. The fourth-order valence-electron chi connectivity index (χ4n) is 7.25. The number of carbonyl (C=O) groups excluding carboxylic acids is 2. The molecule has 2 aliphatic heterocycles. The van der Waals surface area contributed by atoms with Crippen LogP contribution in [0.1, 0.15) is 81.1 Å². The number of aromatic nitrogens is 1. The van der Waals surface area contributed by atoms with E-state index < -0.39 is 5.60 Å². The zero-order valence-corrected chi connectivity index (χ0v) is 26.2. The second kappa shape index (κ2) is 11.9. The van der Waals surface area contributed by atoms with Crippen LogP contribution in [0.2, 0.25) is 0 Å². The zero-order chi connectivity index (χ0) is 30.3. The molecule has 1 saturated carbocycles. The number of carbonyl (C=O) groups is 2. The van der Waals surface area contributed by atoms with E-state index in [1.54, 1.807) is 0 Å². The maximum Gasteiger partial charge on any atom is 0.410 e. The van der Waals surface area contributed by atoms with E-state index in [9.17, 15) is 9.59 Å². The smallest absolute Gasteiger partial charge is 0.410 e. The quantitative estimate of drug-likeness (QED) is 0.311. The number of likely N-dealkylation sites (tertiary alicyclic amines) is 1. The van der Waals surface area contributed by atoms with E-state index in [1.165, 1.54) is 55.9 Å². The van der Waals surface area contributed by atoms with Gasteiger partial charge in [0.1, 0.15) is 18.0 Å². The third kappa shape index (κ3) is 5.86. The van der Waals surface area contributed by atoms with Crippen molar-refractivity contribution < 1.29 is 23.8 Å². The molecule has 1 aliphatic carbocycles. The van der Waals surface area contributed by atoms with Gasteiger partial charge < -0.3 is 23.7 Å². The van der Waals surface area contributed by atoms with Crippen LogP contribution in [0.5, 0.6) is 5.75 Å². The molecule has 2 aromatic carbocycles. The number of fused-ring (bicyclic) bond motifs is 5. The first-order valence-electron chi connectivity index (χ1n) is 15.8. The van der Waals surface area contributed by atoms with Gasteiger partial charge >= 0.3 is 12.1 Å². The van der Waals surface area contributed by atoms with Crippen LogP contribution in [0.15, 0.2) is 42.5 Å². The predicted octanol–water partition coefficient (Wildman–Crippen LogP) is 6.84. The Hall–Kier alpha value is -3.52. The minimum atomic E-state index is -0.521. The number of amides is 1. The van der Waals surface area contributed by atoms with Gasteiger partial charge in [0, 0.05) is 42.1 Å². The third-order valence-electron chi connectivity index (χ3n) is 9.47. The van der Waals surface area contributed by atoms with Crippen molar-refractivity contribution in [2.75, 3.05) is 33.9 Å². The van der Waals surface area contributed by atoms with Crippen molar-refractivity contribution in [3.8, 4) is 17.0 Å². The van der Waals surface area contributed by atoms with Crippen molar-refractivity contribution in [3.63, 3.8) is 0 Å². The van der Waals surface area contributed by atoms with Gasteiger partial charge in [-0.2, -0.15) is 0 Å². The molecule has 0 unspecified atom stereocenters. The zero-order valence-electron chi connectivity index (χ0n) is 26.2. The van der Waals surface area contributed by atoms with Crippen molar-refractivity contribution in [1.82, 2.24) is 14.4 Å². The largest absolute Gasteiger partial charge is 0.491 e. The first-order chi connectivity index (χ1) is 20.6. The van der Waals surface area contributed by atoms with E-state index in [4.69, 9.17) is 14.2 Å². The number of methoxy groups -OCH3 is 1. The highest BCUT2D eigenvalue weighted by molar-refractivity contribution is 5.99. The molecule has 230 valence electrons. The van der Waals surface area contributed by atoms with E-state index in [1.807, 2.05) is 43.9 Å². The molecule has 8 heteroatoms. The van der Waals surface area contributed by atoms with E-state index in [2.05, 4.69) is 40.8 Å². The molecule has 0 spiro atoms. The first-order valence-corrected chi connectivity index (χ1v) is 15.8. The summed E-state index contributed by atoms with van der Waals surface area (Å²) in [7, 11) is 3.58. The Labute approximate surface area is 254 Å². The molecular formula is C35H45N3O5. The summed E-state index contributed by atoms with van der Waals surface area (Å²) in [6.07, 6.45) is 6.71. The van der Waals surface area contributed by atoms with Gasteiger partial charge in [0.25, 0.3) is 0 Å². The van der Waals surface area contributed by atoms with Crippen molar-refractivity contribution in [3.05, 3.63) is 53.6 Å². The van der Waals surface area contributed by atoms with Gasteiger partial charge in [-0.1, -0.05) is 37.5 Å². The fraction of sp³-hybridized carbons (Fsp3) is 0.543. The summed E-state index contributed by atoms with van der Waals surface area (Å²) in [5.41, 5.74) is 4.80. The Morgan fingerprint density at radius 1 is 0.977 bits per heavy atom. The highest BCUT2D eigenvalue weighted by Crippen LogP contribution is 2.47. The average molecular weight is 588 g/mol. The van der Waals surface area contributed by atoms with Crippen LogP contribution in [-0.2, 0) is 16.0 Å². The standard InChI is InChI=1S/C35H45N3O5/c1-35(2,3)43-34(40)37-18-17-25(20-37)36(4)26-21-38-29-19-24(33(39)41-5)15-16-27(29)31(23-11-7-6-8-12-23)32(38)28-13-9-10-14-30(28)42-22-26/h9-10,13-16,19,23,25-26H,6-8,11-12,17-18,20-22H2,1-5H3/t25-,26-/m1/s1. The maximum atomic E-state index is 12.8. The predicted molar refractivity (Wildman–Crippen MR) is 168 cm³/mol. The van der Waals surface area contributed by atoms with Gasteiger partial charge in [0.2, 0.25) is 0 Å². The van der Waals surface area contributed by atoms with Crippen LogP contribution >= 0.6 is 0 Å². The van der Waals surface area contributed by atoms with Gasteiger partial charge in [-0.25, -0.2) is 9.59 Å². The molecule has 1 aromatic heterocycles. The number of nitrogens with zero attached hydrogens (tertiary/aromatic N) is 3. The number of hydrogen-bond acceptors (Lipinski definition) is 6. The number of hydrogen-bond donors (Lipinski definition) is 0. The Balaban J connectivity index is 1.42. The summed E-state index contributed by atoms with van der Waals surface area (Å²) in [5, 5.41) is 1.21. The highest BCUT2D eigenvalue weighted by Gasteiger charge is 2.37. The van der Waals surface area contributed by atoms with Crippen LogP contribution in [0.4, 0.5) is 4.79 Å². The Bertz CT molecular complexity index is 1500. The van der Waals surface area contributed by atoms with Crippen LogP contribution in [0.3, 0.4) is 0 Å². The van der Waals surface area contributed by atoms with E-state index in [0.717, 1.165) is 23.3 Å². The van der Waals surface area contributed by atoms with E-state index in [0.29, 0.717) is 37.7 Å². The van der Waals surface area contributed by atoms with Crippen LogP contribution in [-0.4, -0.2) is 78.0 Å². The van der Waals surface area contributed by atoms with E-state index >= 15 is 0 Å². The number of ether oxygens (including phenoxy) is 3. The Morgan fingerprint density at radius 3 is 2.49 bits per heavy atom. The third-order valence-corrected chi connectivity index (χ3v) is 9.47. The number of para-hydroxylation sites is 1. The molecule has 2 fully saturated rings. The van der Waals surface area contributed by atoms with Crippen molar-refractivity contribution in [1.29, 1.82) is 0 Å². The molecule has 3 heterocycles. The van der Waals surface area contributed by atoms with Gasteiger partial charge in [-0.05, 0) is 82.8 Å². The lowest BCUT2D eigenvalue weighted by molar-refractivity contribution is 0.0271. The molecule has 0 bridgehead atoms. The van der Waals surface area contributed by atoms with Gasteiger partial charge in [0.05, 0.1) is 24.4 Å². The van der Waals surface area contributed by atoms with Gasteiger partial charge in [-0.3, -0.25) is 4.90 Å². The molecule has 0 N–H and O–H groups in total. The molecule has 1 amide bonds.